The Bertz CT molecular complexity index is 435. The molecule has 18 heavy (non-hydrogen) atoms. The highest BCUT2D eigenvalue weighted by atomic mass is 127. The zero-order valence-electron chi connectivity index (χ0n) is 9.38. The van der Waals surface area contributed by atoms with Crippen LogP contribution in [0.25, 0.3) is 0 Å². The van der Waals surface area contributed by atoms with Crippen LogP contribution in [0.4, 0.5) is 13.2 Å². The normalized spacial score (nSPS) is 11.4. The van der Waals surface area contributed by atoms with Gasteiger partial charge in [-0.3, -0.25) is 4.79 Å². The van der Waals surface area contributed by atoms with Gasteiger partial charge in [-0.25, -0.2) is 0 Å². The molecule has 2 nitrogen and oxygen atoms in total. The van der Waals surface area contributed by atoms with Crippen molar-refractivity contribution in [3.05, 3.63) is 27.3 Å². The molecule has 0 saturated carbocycles. The molecule has 0 aliphatic carbocycles. The lowest BCUT2D eigenvalue weighted by molar-refractivity contribution is -0.140. The first-order chi connectivity index (χ1) is 8.31. The molecule has 0 unspecified atom stereocenters. The van der Waals surface area contributed by atoms with E-state index in [1.807, 2.05) is 22.6 Å². The number of thioether (sulfide) groups is 1. The van der Waals surface area contributed by atoms with Gasteiger partial charge in [0.25, 0.3) is 0 Å². The van der Waals surface area contributed by atoms with E-state index in [0.29, 0.717) is 5.56 Å². The van der Waals surface area contributed by atoms with Gasteiger partial charge in [0.15, 0.2) is 0 Å². The minimum Gasteiger partial charge on any atom is -0.469 e. The predicted molar refractivity (Wildman–Crippen MR) is 71.4 cm³/mol. The molecular formula is C11H10F3IO2S. The summed E-state index contributed by atoms with van der Waals surface area (Å²) in [5, 5.41) is 0. The maximum atomic E-state index is 12.4. The number of hydrogen-bond donors (Lipinski definition) is 0. The van der Waals surface area contributed by atoms with Gasteiger partial charge in [0, 0.05) is 14.9 Å². The third-order valence-corrected chi connectivity index (χ3v) is 3.58. The molecule has 0 saturated heterocycles. The maximum absolute atomic E-state index is 12.4. The van der Waals surface area contributed by atoms with E-state index in [0.717, 1.165) is 3.57 Å². The number of esters is 1. The SMILES string of the molecule is COC(=O)CCc1ccc(I)cc1SC(F)(F)F. The maximum Gasteiger partial charge on any atom is 0.446 e. The number of carbonyl (C=O) groups is 1. The van der Waals surface area contributed by atoms with Crippen LogP contribution in [0.3, 0.4) is 0 Å². The summed E-state index contributed by atoms with van der Waals surface area (Å²) < 4.78 is 42.4. The van der Waals surface area contributed by atoms with E-state index in [2.05, 4.69) is 4.74 Å². The van der Waals surface area contributed by atoms with Gasteiger partial charge >= 0.3 is 11.5 Å². The number of rotatable bonds is 4. The smallest absolute Gasteiger partial charge is 0.446 e. The average Bonchev–Trinajstić information content (AvgIpc) is 2.25. The van der Waals surface area contributed by atoms with E-state index in [1.54, 1.807) is 12.1 Å². The number of benzene rings is 1. The van der Waals surface area contributed by atoms with Crippen LogP contribution >= 0.6 is 34.4 Å². The molecule has 1 aromatic carbocycles. The average molecular weight is 390 g/mol. The number of ether oxygens (including phenoxy) is 1. The van der Waals surface area contributed by atoms with Gasteiger partial charge in [0.05, 0.1) is 7.11 Å². The molecule has 0 amide bonds. The fourth-order valence-electron chi connectivity index (χ4n) is 1.29. The molecule has 7 heteroatoms. The monoisotopic (exact) mass is 390 g/mol. The van der Waals surface area contributed by atoms with E-state index in [4.69, 9.17) is 0 Å². The predicted octanol–water partition coefficient (Wildman–Crippen LogP) is 4.01. The summed E-state index contributed by atoms with van der Waals surface area (Å²) in [5.74, 6) is -0.434. The van der Waals surface area contributed by atoms with Crippen LogP contribution in [0.5, 0.6) is 0 Å². The van der Waals surface area contributed by atoms with Crippen molar-refractivity contribution >= 4 is 40.3 Å². The molecule has 0 atom stereocenters. The van der Waals surface area contributed by atoms with Crippen molar-refractivity contribution in [2.24, 2.45) is 0 Å². The second kappa shape index (κ2) is 6.65. The Morgan fingerprint density at radius 1 is 1.44 bits per heavy atom. The Morgan fingerprint density at radius 3 is 2.67 bits per heavy atom. The third kappa shape index (κ3) is 5.47. The quantitative estimate of drug-likeness (QED) is 0.442. The molecule has 0 aromatic heterocycles. The minimum atomic E-state index is -4.33. The molecule has 0 aliphatic heterocycles. The van der Waals surface area contributed by atoms with Gasteiger partial charge in [-0.2, -0.15) is 13.2 Å². The number of methoxy groups -OCH3 is 1. The summed E-state index contributed by atoms with van der Waals surface area (Å²) in [6.45, 7) is 0. The zero-order valence-corrected chi connectivity index (χ0v) is 12.4. The van der Waals surface area contributed by atoms with Crippen LogP contribution in [0.1, 0.15) is 12.0 Å². The van der Waals surface area contributed by atoms with Crippen molar-refractivity contribution in [1.29, 1.82) is 0 Å². The van der Waals surface area contributed by atoms with Crippen LogP contribution in [-0.4, -0.2) is 18.6 Å². The fourth-order valence-corrected chi connectivity index (χ4v) is 2.73. The molecule has 0 fully saturated rings. The van der Waals surface area contributed by atoms with Gasteiger partial charge in [0.1, 0.15) is 0 Å². The second-order valence-corrected chi connectivity index (χ2v) is 5.73. The number of halogens is 4. The Morgan fingerprint density at radius 2 is 2.11 bits per heavy atom. The molecule has 0 aliphatic rings. The van der Waals surface area contributed by atoms with Crippen LogP contribution in [0.2, 0.25) is 0 Å². The second-order valence-electron chi connectivity index (χ2n) is 3.38. The number of carbonyl (C=O) groups excluding carboxylic acids is 1. The first-order valence-electron chi connectivity index (χ1n) is 4.93. The lowest BCUT2D eigenvalue weighted by atomic mass is 10.1. The van der Waals surface area contributed by atoms with Gasteiger partial charge in [-0.15, -0.1) is 0 Å². The summed E-state index contributed by atoms with van der Waals surface area (Å²) in [4.78, 5) is 11.1. The van der Waals surface area contributed by atoms with Crippen LogP contribution in [0, 0.1) is 3.57 Å². The molecule has 0 heterocycles. The molecule has 0 N–H and O–H groups in total. The van der Waals surface area contributed by atoms with Gasteiger partial charge in [-0.1, -0.05) is 6.07 Å². The molecule has 1 rings (SSSR count). The molecule has 1 aromatic rings. The van der Waals surface area contributed by atoms with E-state index in [9.17, 15) is 18.0 Å². The number of alkyl halides is 3. The highest BCUT2D eigenvalue weighted by Gasteiger charge is 2.30. The van der Waals surface area contributed by atoms with Crippen LogP contribution in [0.15, 0.2) is 23.1 Å². The standard InChI is InChI=1S/C11H10F3IO2S/c1-17-10(16)5-3-7-2-4-8(15)6-9(7)18-11(12,13)14/h2,4,6H,3,5H2,1H3. The van der Waals surface area contributed by atoms with Crippen molar-refractivity contribution in [1.82, 2.24) is 0 Å². The number of aryl methyl sites for hydroxylation is 1. The van der Waals surface area contributed by atoms with E-state index < -0.39 is 11.5 Å². The molecular weight excluding hydrogens is 380 g/mol. The van der Waals surface area contributed by atoms with Crippen LogP contribution in [-0.2, 0) is 16.0 Å². The van der Waals surface area contributed by atoms with Crippen molar-refractivity contribution < 1.29 is 22.7 Å². The lowest BCUT2D eigenvalue weighted by Gasteiger charge is -2.11. The summed E-state index contributed by atoms with van der Waals surface area (Å²) in [6.07, 6.45) is 0.310. The zero-order chi connectivity index (χ0) is 13.8. The molecule has 0 bridgehead atoms. The highest BCUT2D eigenvalue weighted by molar-refractivity contribution is 14.1. The van der Waals surface area contributed by atoms with E-state index in [-0.39, 0.29) is 29.5 Å². The number of hydrogen-bond acceptors (Lipinski definition) is 3. The van der Waals surface area contributed by atoms with Gasteiger partial charge in [0.2, 0.25) is 0 Å². The largest absolute Gasteiger partial charge is 0.469 e. The minimum absolute atomic E-state index is 0.0719. The van der Waals surface area contributed by atoms with Crippen molar-refractivity contribution in [2.75, 3.05) is 7.11 Å². The van der Waals surface area contributed by atoms with E-state index in [1.165, 1.54) is 13.2 Å². The van der Waals surface area contributed by atoms with Gasteiger partial charge < -0.3 is 4.74 Å². The van der Waals surface area contributed by atoms with E-state index >= 15 is 0 Å². The first-order valence-corrected chi connectivity index (χ1v) is 6.82. The van der Waals surface area contributed by atoms with Crippen molar-refractivity contribution in [3.8, 4) is 0 Å². The molecule has 100 valence electrons. The summed E-state index contributed by atoms with van der Waals surface area (Å²) in [5.41, 5.74) is -3.83. The van der Waals surface area contributed by atoms with Crippen molar-refractivity contribution in [3.63, 3.8) is 0 Å². The summed E-state index contributed by atoms with van der Waals surface area (Å²) in [7, 11) is 1.25. The summed E-state index contributed by atoms with van der Waals surface area (Å²) >= 11 is 1.79. The molecule has 0 radical (unpaired) electrons. The Kier molecular flexibility index (Phi) is 5.77. The lowest BCUT2D eigenvalue weighted by Crippen LogP contribution is -2.05. The Hall–Kier alpha value is -0.440. The first kappa shape index (κ1) is 15.6. The Labute approximate surface area is 120 Å². The fraction of sp³-hybridized carbons (Fsp3) is 0.364. The highest BCUT2D eigenvalue weighted by Crippen LogP contribution is 2.39. The molecule has 0 spiro atoms. The van der Waals surface area contributed by atoms with Gasteiger partial charge in [-0.05, 0) is 58.5 Å². The van der Waals surface area contributed by atoms with Crippen molar-refractivity contribution in [2.45, 2.75) is 23.2 Å². The Balaban J connectivity index is 2.86. The topological polar surface area (TPSA) is 26.3 Å². The summed E-state index contributed by atoms with van der Waals surface area (Å²) in [6, 6.07) is 4.79. The van der Waals surface area contributed by atoms with Crippen LogP contribution < -0.4 is 0 Å². The third-order valence-electron chi connectivity index (χ3n) is 2.08.